The van der Waals surface area contributed by atoms with Gasteiger partial charge in [-0.25, -0.2) is 8.78 Å². The molecule has 1 nitrogen and oxygen atoms in total. The maximum atomic E-state index is 13.1. The maximum Gasteiger partial charge on any atom is 0.130 e. The van der Waals surface area contributed by atoms with Crippen LogP contribution in [0.5, 0.6) is 0 Å². The highest BCUT2D eigenvalue weighted by molar-refractivity contribution is 7.80. The third kappa shape index (κ3) is 2.97. The van der Waals surface area contributed by atoms with Crippen molar-refractivity contribution in [1.82, 2.24) is 4.90 Å². The lowest BCUT2D eigenvalue weighted by Crippen LogP contribution is -2.16. The Morgan fingerprint density at radius 3 is 2.62 bits per heavy atom. The van der Waals surface area contributed by atoms with Crippen LogP contribution in [-0.2, 0) is 6.54 Å². The normalized spacial score (nSPS) is 10.8. The van der Waals surface area contributed by atoms with Crippen LogP contribution in [0.15, 0.2) is 18.2 Å². The van der Waals surface area contributed by atoms with Gasteiger partial charge in [-0.3, -0.25) is 4.90 Å². The first-order chi connectivity index (χ1) is 6.13. The number of nitrogens with zero attached hydrogens (tertiary/aromatic N) is 1. The minimum Gasteiger partial charge on any atom is -0.293 e. The molecule has 0 fully saturated rings. The molecule has 0 heterocycles. The Morgan fingerprint density at radius 1 is 1.38 bits per heavy atom. The van der Waals surface area contributed by atoms with E-state index in [1.54, 1.807) is 0 Å². The standard InChI is InChI=1S/C9H11F2NS/c1-12(6-13)5-7-2-3-8(10)4-9(7)11/h2-4,13H,5-6H2,1H3. The Bertz CT molecular complexity index is 291. The highest BCUT2D eigenvalue weighted by Gasteiger charge is 2.05. The summed E-state index contributed by atoms with van der Waals surface area (Å²) in [6, 6.07) is 3.59. The molecule has 0 N–H and O–H groups in total. The van der Waals surface area contributed by atoms with E-state index in [2.05, 4.69) is 12.6 Å². The molecular weight excluding hydrogens is 192 g/mol. The second-order valence-corrected chi connectivity index (χ2v) is 3.17. The second kappa shape index (κ2) is 4.58. The molecule has 1 aromatic carbocycles. The molecule has 0 bridgehead atoms. The smallest absolute Gasteiger partial charge is 0.130 e. The first kappa shape index (κ1) is 10.5. The van der Waals surface area contributed by atoms with E-state index in [9.17, 15) is 8.78 Å². The lowest BCUT2D eigenvalue weighted by atomic mass is 10.2. The molecule has 0 saturated carbocycles. The molecule has 4 heteroatoms. The van der Waals surface area contributed by atoms with E-state index < -0.39 is 11.6 Å². The van der Waals surface area contributed by atoms with Crippen molar-refractivity contribution < 1.29 is 8.78 Å². The molecule has 72 valence electrons. The molecule has 0 saturated heterocycles. The molecule has 1 rings (SSSR count). The fourth-order valence-corrected chi connectivity index (χ4v) is 1.09. The lowest BCUT2D eigenvalue weighted by molar-refractivity contribution is 0.378. The van der Waals surface area contributed by atoms with E-state index in [1.807, 2.05) is 11.9 Å². The van der Waals surface area contributed by atoms with Crippen molar-refractivity contribution in [2.24, 2.45) is 0 Å². The minimum atomic E-state index is -0.547. The molecular formula is C9H11F2NS. The summed E-state index contributed by atoms with van der Waals surface area (Å²) >= 11 is 4.03. The van der Waals surface area contributed by atoms with Crippen LogP contribution in [0.4, 0.5) is 8.78 Å². The van der Waals surface area contributed by atoms with Crippen molar-refractivity contribution in [2.75, 3.05) is 12.9 Å². The van der Waals surface area contributed by atoms with Crippen LogP contribution in [-0.4, -0.2) is 17.8 Å². The molecule has 0 aromatic heterocycles. The number of hydrogen-bond acceptors (Lipinski definition) is 2. The van der Waals surface area contributed by atoms with Gasteiger partial charge in [0.15, 0.2) is 0 Å². The molecule has 0 radical (unpaired) electrons. The van der Waals surface area contributed by atoms with Crippen LogP contribution >= 0.6 is 12.6 Å². The minimum absolute atomic E-state index is 0.440. The number of thiol groups is 1. The van der Waals surface area contributed by atoms with Gasteiger partial charge in [0.1, 0.15) is 11.6 Å². The summed E-state index contributed by atoms with van der Waals surface area (Å²) in [7, 11) is 1.82. The zero-order valence-corrected chi connectivity index (χ0v) is 8.19. The van der Waals surface area contributed by atoms with Crippen LogP contribution < -0.4 is 0 Å². The van der Waals surface area contributed by atoms with Gasteiger partial charge in [0, 0.05) is 24.1 Å². The van der Waals surface area contributed by atoms with Gasteiger partial charge >= 0.3 is 0 Å². The van der Waals surface area contributed by atoms with E-state index in [1.165, 1.54) is 12.1 Å². The van der Waals surface area contributed by atoms with Gasteiger partial charge < -0.3 is 0 Å². The second-order valence-electron chi connectivity index (χ2n) is 2.89. The van der Waals surface area contributed by atoms with Crippen molar-refractivity contribution >= 4 is 12.6 Å². The average Bonchev–Trinajstić information content (AvgIpc) is 2.09. The first-order valence-corrected chi connectivity index (χ1v) is 4.50. The summed E-state index contributed by atoms with van der Waals surface area (Å²) < 4.78 is 25.6. The van der Waals surface area contributed by atoms with Gasteiger partial charge in [0.25, 0.3) is 0 Å². The maximum absolute atomic E-state index is 13.1. The van der Waals surface area contributed by atoms with Crippen molar-refractivity contribution in [3.05, 3.63) is 35.4 Å². The zero-order chi connectivity index (χ0) is 9.84. The van der Waals surface area contributed by atoms with E-state index in [0.717, 1.165) is 6.07 Å². The molecule has 0 spiro atoms. The molecule has 0 aliphatic carbocycles. The summed E-state index contributed by atoms with van der Waals surface area (Å²) in [6.07, 6.45) is 0. The Kier molecular flexibility index (Phi) is 3.69. The largest absolute Gasteiger partial charge is 0.293 e. The lowest BCUT2D eigenvalue weighted by Gasteiger charge is -2.13. The zero-order valence-electron chi connectivity index (χ0n) is 7.30. The molecule has 0 aliphatic rings. The van der Waals surface area contributed by atoms with E-state index >= 15 is 0 Å². The van der Waals surface area contributed by atoms with Gasteiger partial charge in [0.2, 0.25) is 0 Å². The Labute approximate surface area is 81.8 Å². The van der Waals surface area contributed by atoms with Gasteiger partial charge in [-0.2, -0.15) is 12.6 Å². The molecule has 0 amide bonds. The molecule has 0 unspecified atom stereocenters. The highest BCUT2D eigenvalue weighted by Crippen LogP contribution is 2.11. The predicted octanol–water partition coefficient (Wildman–Crippen LogP) is 2.28. The number of rotatable bonds is 3. The van der Waals surface area contributed by atoms with Crippen LogP contribution in [0.2, 0.25) is 0 Å². The SMILES string of the molecule is CN(CS)Cc1ccc(F)cc1F. The van der Waals surface area contributed by atoms with Crippen LogP contribution in [0.3, 0.4) is 0 Å². The summed E-state index contributed by atoms with van der Waals surface area (Å²) in [5.41, 5.74) is 0.484. The summed E-state index contributed by atoms with van der Waals surface area (Å²) in [4.78, 5) is 1.82. The monoisotopic (exact) mass is 203 g/mol. The Balaban J connectivity index is 2.77. The van der Waals surface area contributed by atoms with Crippen molar-refractivity contribution in [2.45, 2.75) is 6.54 Å². The summed E-state index contributed by atoms with van der Waals surface area (Å²) in [5, 5.41) is 0. The van der Waals surface area contributed by atoms with Crippen LogP contribution in [0, 0.1) is 11.6 Å². The van der Waals surface area contributed by atoms with Crippen LogP contribution in [0.1, 0.15) is 5.56 Å². The molecule has 0 atom stereocenters. The first-order valence-electron chi connectivity index (χ1n) is 3.87. The predicted molar refractivity (Wildman–Crippen MR) is 51.7 cm³/mol. The summed E-state index contributed by atoms with van der Waals surface area (Å²) in [6.45, 7) is 0.440. The van der Waals surface area contributed by atoms with Gasteiger partial charge in [-0.05, 0) is 13.1 Å². The molecule has 1 aromatic rings. The quantitative estimate of drug-likeness (QED) is 0.582. The average molecular weight is 203 g/mol. The Hall–Kier alpha value is -0.610. The van der Waals surface area contributed by atoms with Crippen molar-refractivity contribution in [1.29, 1.82) is 0 Å². The third-order valence-corrected chi connectivity index (χ3v) is 2.18. The summed E-state index contributed by atoms with van der Waals surface area (Å²) in [5.74, 6) is -0.514. The van der Waals surface area contributed by atoms with Crippen LogP contribution in [0.25, 0.3) is 0 Å². The number of benzene rings is 1. The number of hydrogen-bond donors (Lipinski definition) is 1. The number of halogens is 2. The molecule has 0 aliphatic heterocycles. The van der Waals surface area contributed by atoms with E-state index in [0.29, 0.717) is 18.0 Å². The Morgan fingerprint density at radius 2 is 2.08 bits per heavy atom. The highest BCUT2D eigenvalue weighted by atomic mass is 32.1. The van der Waals surface area contributed by atoms with E-state index in [-0.39, 0.29) is 0 Å². The van der Waals surface area contributed by atoms with Gasteiger partial charge in [0.05, 0.1) is 0 Å². The fourth-order valence-electron chi connectivity index (χ4n) is 0.991. The third-order valence-electron chi connectivity index (χ3n) is 1.70. The van der Waals surface area contributed by atoms with E-state index in [4.69, 9.17) is 0 Å². The van der Waals surface area contributed by atoms with Crippen molar-refractivity contribution in [3.8, 4) is 0 Å². The van der Waals surface area contributed by atoms with Gasteiger partial charge in [-0.15, -0.1) is 0 Å². The van der Waals surface area contributed by atoms with Crippen molar-refractivity contribution in [3.63, 3.8) is 0 Å². The molecule has 13 heavy (non-hydrogen) atoms. The topological polar surface area (TPSA) is 3.24 Å². The fraction of sp³-hybridized carbons (Fsp3) is 0.333. The van der Waals surface area contributed by atoms with Gasteiger partial charge in [-0.1, -0.05) is 6.07 Å².